The molecule has 0 unspecified atom stereocenters. The van der Waals surface area contributed by atoms with E-state index in [-0.39, 0.29) is 17.9 Å². The van der Waals surface area contributed by atoms with Gasteiger partial charge in [-0.15, -0.1) is 0 Å². The summed E-state index contributed by atoms with van der Waals surface area (Å²) in [6.07, 6.45) is 3.39. The first-order valence-electron chi connectivity index (χ1n) is 9.71. The molecule has 150 valence electrons. The second-order valence-electron chi connectivity index (χ2n) is 8.69. The van der Waals surface area contributed by atoms with E-state index in [1.807, 2.05) is 52.0 Å². The van der Waals surface area contributed by atoms with Crippen LogP contribution in [0.1, 0.15) is 58.1 Å². The molecule has 2 aliphatic heterocycles. The van der Waals surface area contributed by atoms with Crippen LogP contribution in [0.15, 0.2) is 30.3 Å². The number of nitrogens with one attached hydrogen (secondary N) is 1. The van der Waals surface area contributed by atoms with Crippen molar-refractivity contribution < 1.29 is 19.1 Å². The molecule has 6 nitrogen and oxygen atoms in total. The van der Waals surface area contributed by atoms with Crippen LogP contribution in [0.3, 0.4) is 0 Å². The van der Waals surface area contributed by atoms with Crippen molar-refractivity contribution in [2.75, 3.05) is 13.1 Å². The fourth-order valence-corrected chi connectivity index (χ4v) is 3.56. The lowest BCUT2D eigenvalue weighted by Gasteiger charge is -2.32. The molecule has 1 N–H and O–H groups in total. The van der Waals surface area contributed by atoms with Crippen LogP contribution >= 0.6 is 0 Å². The predicted molar refractivity (Wildman–Crippen MR) is 107 cm³/mol. The molecule has 6 heteroatoms. The van der Waals surface area contributed by atoms with E-state index >= 15 is 0 Å². The third-order valence-corrected chi connectivity index (χ3v) is 5.36. The number of imide groups is 1. The lowest BCUT2D eigenvalue weighted by molar-refractivity contribution is -0.137. The van der Waals surface area contributed by atoms with E-state index in [9.17, 15) is 14.4 Å². The van der Waals surface area contributed by atoms with Crippen molar-refractivity contribution in [2.45, 2.75) is 58.0 Å². The van der Waals surface area contributed by atoms with Gasteiger partial charge in [-0.3, -0.25) is 14.9 Å². The highest BCUT2D eigenvalue weighted by atomic mass is 16.6. The maximum atomic E-state index is 12.3. The Morgan fingerprint density at radius 3 is 2.36 bits per heavy atom. The van der Waals surface area contributed by atoms with Gasteiger partial charge < -0.3 is 9.64 Å². The maximum absolute atomic E-state index is 12.3. The molecule has 0 bridgehead atoms. The second kappa shape index (κ2) is 7.41. The highest BCUT2D eigenvalue weighted by molar-refractivity contribution is 6.03. The van der Waals surface area contributed by atoms with Gasteiger partial charge in [0, 0.05) is 19.5 Å². The summed E-state index contributed by atoms with van der Waals surface area (Å²) in [6, 6.07) is 7.95. The predicted octanol–water partition coefficient (Wildman–Crippen LogP) is 3.41. The summed E-state index contributed by atoms with van der Waals surface area (Å²) < 4.78 is 5.43. The van der Waals surface area contributed by atoms with E-state index in [2.05, 4.69) is 11.4 Å². The van der Waals surface area contributed by atoms with E-state index in [0.717, 1.165) is 17.5 Å². The average Bonchev–Trinajstić information content (AvgIpc) is 2.64. The molecule has 0 saturated carbocycles. The van der Waals surface area contributed by atoms with Gasteiger partial charge in [0.15, 0.2) is 0 Å². The maximum Gasteiger partial charge on any atom is 0.410 e. The first kappa shape index (κ1) is 20.1. The summed E-state index contributed by atoms with van der Waals surface area (Å²) in [5, 5.41) is 2.44. The van der Waals surface area contributed by atoms with Gasteiger partial charge in [-0.25, -0.2) is 4.79 Å². The number of carbonyl (C=O) groups excluding carboxylic acids is 3. The minimum Gasteiger partial charge on any atom is -0.444 e. The molecule has 0 radical (unpaired) electrons. The van der Waals surface area contributed by atoms with Crippen molar-refractivity contribution in [3.05, 3.63) is 41.5 Å². The number of amides is 3. The molecule has 1 fully saturated rings. The standard InChI is InChI=1S/C22H28N2O4/c1-21(2,3)28-20(27)24-13-10-16(11-14-24)15-5-7-17(8-6-15)22(4)12-9-18(25)23-19(22)26/h5-8,10H,9,11-14H2,1-4H3,(H,23,25,26)/t22-/m1/s1. The van der Waals surface area contributed by atoms with Crippen LogP contribution in [0.2, 0.25) is 0 Å². The van der Waals surface area contributed by atoms with Gasteiger partial charge in [0.2, 0.25) is 11.8 Å². The number of nitrogens with zero attached hydrogens (tertiary/aromatic N) is 1. The number of hydrogen-bond donors (Lipinski definition) is 1. The van der Waals surface area contributed by atoms with Crippen LogP contribution in [-0.4, -0.2) is 41.5 Å². The fraction of sp³-hybridized carbons (Fsp3) is 0.500. The zero-order valence-electron chi connectivity index (χ0n) is 17.0. The van der Waals surface area contributed by atoms with Gasteiger partial charge in [-0.05, 0) is 57.2 Å². The minimum absolute atomic E-state index is 0.207. The normalized spacial score (nSPS) is 23.1. The number of rotatable bonds is 2. The monoisotopic (exact) mass is 384 g/mol. The summed E-state index contributed by atoms with van der Waals surface area (Å²) in [5.41, 5.74) is 2.00. The molecule has 28 heavy (non-hydrogen) atoms. The van der Waals surface area contributed by atoms with Crippen LogP contribution in [0, 0.1) is 0 Å². The number of carbonyl (C=O) groups is 3. The van der Waals surface area contributed by atoms with Crippen LogP contribution in [0.5, 0.6) is 0 Å². The third kappa shape index (κ3) is 4.26. The molecule has 3 amide bonds. The van der Waals surface area contributed by atoms with E-state index in [1.165, 1.54) is 5.57 Å². The third-order valence-electron chi connectivity index (χ3n) is 5.36. The van der Waals surface area contributed by atoms with E-state index < -0.39 is 11.0 Å². The van der Waals surface area contributed by atoms with Crippen molar-refractivity contribution in [3.63, 3.8) is 0 Å². The Morgan fingerprint density at radius 1 is 1.14 bits per heavy atom. The van der Waals surface area contributed by atoms with Crippen LogP contribution < -0.4 is 5.32 Å². The van der Waals surface area contributed by atoms with Crippen molar-refractivity contribution in [3.8, 4) is 0 Å². The SMILES string of the molecule is CC(C)(C)OC(=O)N1CC=C(c2ccc([C@@]3(C)CCC(=O)NC3=O)cc2)CC1. The Bertz CT molecular complexity index is 820. The topological polar surface area (TPSA) is 75.7 Å². The van der Waals surface area contributed by atoms with Crippen molar-refractivity contribution in [1.29, 1.82) is 0 Å². The highest BCUT2D eigenvalue weighted by Gasteiger charge is 2.39. The van der Waals surface area contributed by atoms with Gasteiger partial charge in [0.25, 0.3) is 0 Å². The molecule has 0 aromatic heterocycles. The quantitative estimate of drug-likeness (QED) is 0.793. The van der Waals surface area contributed by atoms with Crippen LogP contribution in [0.25, 0.3) is 5.57 Å². The molecule has 2 heterocycles. The van der Waals surface area contributed by atoms with E-state index in [4.69, 9.17) is 4.74 Å². The molecule has 1 aromatic carbocycles. The largest absolute Gasteiger partial charge is 0.444 e. The van der Waals surface area contributed by atoms with Crippen LogP contribution in [0.4, 0.5) is 4.79 Å². The summed E-state index contributed by atoms with van der Waals surface area (Å²) in [5.74, 6) is -0.442. The molecule has 1 saturated heterocycles. The zero-order chi connectivity index (χ0) is 20.5. The van der Waals surface area contributed by atoms with Crippen molar-refractivity contribution in [1.82, 2.24) is 10.2 Å². The Kier molecular flexibility index (Phi) is 5.33. The molecular formula is C22H28N2O4. The van der Waals surface area contributed by atoms with Gasteiger partial charge in [0.05, 0.1) is 5.41 Å². The second-order valence-corrected chi connectivity index (χ2v) is 8.69. The fourth-order valence-electron chi connectivity index (χ4n) is 3.56. The van der Waals surface area contributed by atoms with Gasteiger partial charge >= 0.3 is 6.09 Å². The molecule has 2 aliphatic rings. The van der Waals surface area contributed by atoms with Crippen molar-refractivity contribution in [2.24, 2.45) is 0 Å². The first-order chi connectivity index (χ1) is 13.1. The summed E-state index contributed by atoms with van der Waals surface area (Å²) >= 11 is 0. The molecular weight excluding hydrogens is 356 g/mol. The first-order valence-corrected chi connectivity index (χ1v) is 9.71. The Morgan fingerprint density at radius 2 is 1.82 bits per heavy atom. The summed E-state index contributed by atoms with van der Waals surface area (Å²) in [4.78, 5) is 37.6. The molecule has 1 aromatic rings. The Hall–Kier alpha value is -2.63. The molecule has 0 spiro atoms. The van der Waals surface area contributed by atoms with Gasteiger partial charge in [-0.1, -0.05) is 30.3 Å². The highest BCUT2D eigenvalue weighted by Crippen LogP contribution is 2.33. The summed E-state index contributed by atoms with van der Waals surface area (Å²) in [7, 11) is 0. The minimum atomic E-state index is -0.680. The lowest BCUT2D eigenvalue weighted by Crippen LogP contribution is -2.49. The van der Waals surface area contributed by atoms with E-state index in [1.54, 1.807) is 4.90 Å². The Balaban J connectivity index is 1.68. The number of piperidine rings is 1. The van der Waals surface area contributed by atoms with E-state index in [0.29, 0.717) is 25.9 Å². The zero-order valence-corrected chi connectivity index (χ0v) is 17.0. The number of hydrogen-bond acceptors (Lipinski definition) is 4. The van der Waals surface area contributed by atoms with Gasteiger partial charge in [-0.2, -0.15) is 0 Å². The van der Waals surface area contributed by atoms with Gasteiger partial charge in [0.1, 0.15) is 5.60 Å². The Labute approximate surface area is 165 Å². The van der Waals surface area contributed by atoms with Crippen LogP contribution in [-0.2, 0) is 19.7 Å². The lowest BCUT2D eigenvalue weighted by atomic mass is 9.75. The molecule has 0 aliphatic carbocycles. The molecule has 1 atom stereocenters. The smallest absolute Gasteiger partial charge is 0.410 e. The number of ether oxygens (including phenoxy) is 1. The number of benzene rings is 1. The average molecular weight is 384 g/mol. The molecule has 3 rings (SSSR count). The summed E-state index contributed by atoms with van der Waals surface area (Å²) in [6.45, 7) is 8.60. The van der Waals surface area contributed by atoms with Crippen molar-refractivity contribution >= 4 is 23.5 Å².